The van der Waals surface area contributed by atoms with Gasteiger partial charge in [0.15, 0.2) is 0 Å². The Kier molecular flexibility index (Phi) is 3.69. The Labute approximate surface area is 84.9 Å². The van der Waals surface area contributed by atoms with Crippen molar-refractivity contribution in [2.75, 3.05) is 0 Å². The molecule has 0 aromatic heterocycles. The molecule has 0 radical (unpaired) electrons. The van der Waals surface area contributed by atoms with E-state index >= 15 is 0 Å². The van der Waals surface area contributed by atoms with Gasteiger partial charge in [-0.15, -0.1) is 0 Å². The molecule has 0 rings (SSSR count). The van der Waals surface area contributed by atoms with Gasteiger partial charge >= 0.3 is 0 Å². The summed E-state index contributed by atoms with van der Waals surface area (Å²) in [5.74, 6) is -2.96. The van der Waals surface area contributed by atoms with Crippen molar-refractivity contribution in [2.45, 2.75) is 60.1 Å². The fourth-order valence-electron chi connectivity index (χ4n) is 0.837. The smallest absolute Gasteiger partial charge is 0.247 e. The maximum absolute atomic E-state index is 13.5. The molecule has 0 N–H and O–H groups in total. The molecule has 0 saturated heterocycles. The van der Waals surface area contributed by atoms with E-state index in [1.165, 1.54) is 20.8 Å². The van der Waals surface area contributed by atoms with E-state index in [1.807, 2.05) is 0 Å². The van der Waals surface area contributed by atoms with Crippen LogP contribution in [0.2, 0.25) is 0 Å². The zero-order valence-electron chi connectivity index (χ0n) is 9.92. The van der Waals surface area contributed by atoms with Crippen LogP contribution in [0.1, 0.15) is 48.0 Å². The molecule has 0 saturated carbocycles. The second-order valence-corrected chi connectivity index (χ2v) is 5.99. The Balaban J connectivity index is 4.53. The van der Waals surface area contributed by atoms with Gasteiger partial charge in [0.05, 0.1) is 0 Å². The number of hydrogen-bond acceptors (Lipinski definition) is 0. The molecule has 0 aromatic carbocycles. The van der Waals surface area contributed by atoms with Gasteiger partial charge in [-0.25, -0.2) is 13.2 Å². The van der Waals surface area contributed by atoms with E-state index in [0.717, 1.165) is 0 Å². The van der Waals surface area contributed by atoms with Crippen LogP contribution >= 0.6 is 0 Å². The summed E-state index contributed by atoms with van der Waals surface area (Å²) in [6, 6.07) is 0. The lowest BCUT2D eigenvalue weighted by Crippen LogP contribution is -2.39. The molecule has 86 valence electrons. The van der Waals surface area contributed by atoms with E-state index in [2.05, 4.69) is 0 Å². The van der Waals surface area contributed by atoms with Crippen molar-refractivity contribution in [1.29, 1.82) is 0 Å². The standard InChI is InChI=1S/C11H21F3/c1-9(2,3)8(12)7-11(13,14)10(4,5)6/h8H,7H2,1-6H3. The first-order chi connectivity index (χ1) is 5.88. The molecule has 0 heterocycles. The van der Waals surface area contributed by atoms with Crippen molar-refractivity contribution >= 4 is 0 Å². The Morgan fingerprint density at radius 1 is 0.929 bits per heavy atom. The molecule has 14 heavy (non-hydrogen) atoms. The van der Waals surface area contributed by atoms with E-state index in [-0.39, 0.29) is 0 Å². The van der Waals surface area contributed by atoms with Crippen LogP contribution in [-0.2, 0) is 0 Å². The van der Waals surface area contributed by atoms with Crippen LogP contribution in [0.15, 0.2) is 0 Å². The summed E-state index contributed by atoms with van der Waals surface area (Å²) in [6.07, 6.45) is -2.17. The van der Waals surface area contributed by atoms with Crippen molar-refractivity contribution in [1.82, 2.24) is 0 Å². The average molecular weight is 210 g/mol. The summed E-state index contributed by atoms with van der Waals surface area (Å²) in [6.45, 7) is 9.20. The maximum Gasteiger partial charge on any atom is 0.255 e. The lowest BCUT2D eigenvalue weighted by molar-refractivity contribution is -0.125. The summed E-state index contributed by atoms with van der Waals surface area (Å²) < 4.78 is 40.4. The van der Waals surface area contributed by atoms with Crippen molar-refractivity contribution in [3.63, 3.8) is 0 Å². The molecule has 0 aliphatic heterocycles. The largest absolute Gasteiger partial charge is 0.255 e. The van der Waals surface area contributed by atoms with Gasteiger partial charge in [0, 0.05) is 11.8 Å². The van der Waals surface area contributed by atoms with E-state index in [9.17, 15) is 13.2 Å². The molecule has 0 aromatic rings. The maximum atomic E-state index is 13.5. The van der Waals surface area contributed by atoms with E-state index < -0.39 is 29.3 Å². The number of hydrogen-bond donors (Lipinski definition) is 0. The summed E-state index contributed by atoms with van der Waals surface area (Å²) in [7, 11) is 0. The van der Waals surface area contributed by atoms with Gasteiger partial charge in [-0.05, 0) is 5.41 Å². The molecule has 0 aliphatic carbocycles. The van der Waals surface area contributed by atoms with E-state index in [0.29, 0.717) is 0 Å². The van der Waals surface area contributed by atoms with Gasteiger partial charge in [-0.3, -0.25) is 0 Å². The number of halogens is 3. The third-order valence-electron chi connectivity index (χ3n) is 2.47. The Bertz CT molecular complexity index is 184. The minimum absolute atomic E-state index is 0.694. The van der Waals surface area contributed by atoms with Crippen molar-refractivity contribution < 1.29 is 13.2 Å². The minimum Gasteiger partial charge on any atom is -0.247 e. The summed E-state index contributed by atoms with van der Waals surface area (Å²) in [4.78, 5) is 0. The Morgan fingerprint density at radius 2 is 1.29 bits per heavy atom. The molecule has 0 spiro atoms. The van der Waals surface area contributed by atoms with Crippen LogP contribution in [0, 0.1) is 10.8 Å². The lowest BCUT2D eigenvalue weighted by Gasteiger charge is -2.34. The topological polar surface area (TPSA) is 0 Å². The van der Waals surface area contributed by atoms with Crippen molar-refractivity contribution in [3.8, 4) is 0 Å². The predicted octanol–water partition coefficient (Wildman–Crippen LogP) is 4.44. The van der Waals surface area contributed by atoms with E-state index in [1.54, 1.807) is 20.8 Å². The first-order valence-corrected chi connectivity index (χ1v) is 4.90. The Hall–Kier alpha value is -0.210. The normalized spacial score (nSPS) is 16.9. The monoisotopic (exact) mass is 210 g/mol. The highest BCUT2D eigenvalue weighted by molar-refractivity contribution is 4.87. The first-order valence-electron chi connectivity index (χ1n) is 4.90. The molecule has 3 heteroatoms. The fraction of sp³-hybridized carbons (Fsp3) is 1.00. The molecule has 0 fully saturated rings. The second kappa shape index (κ2) is 3.74. The molecule has 1 atom stereocenters. The van der Waals surface area contributed by atoms with Crippen molar-refractivity contribution in [2.24, 2.45) is 10.8 Å². The third-order valence-corrected chi connectivity index (χ3v) is 2.47. The first kappa shape index (κ1) is 13.8. The van der Waals surface area contributed by atoms with Gasteiger partial charge < -0.3 is 0 Å². The molecule has 0 nitrogen and oxygen atoms in total. The van der Waals surface area contributed by atoms with Gasteiger partial charge in [0.2, 0.25) is 0 Å². The van der Waals surface area contributed by atoms with Crippen LogP contribution < -0.4 is 0 Å². The highest BCUT2D eigenvalue weighted by Crippen LogP contribution is 2.42. The molecule has 0 aliphatic rings. The predicted molar refractivity (Wildman–Crippen MR) is 53.4 cm³/mol. The lowest BCUT2D eigenvalue weighted by atomic mass is 9.79. The second-order valence-electron chi connectivity index (χ2n) is 5.99. The Morgan fingerprint density at radius 3 is 1.50 bits per heavy atom. The van der Waals surface area contributed by atoms with Gasteiger partial charge in [0.25, 0.3) is 5.92 Å². The number of alkyl halides is 3. The highest BCUT2D eigenvalue weighted by Gasteiger charge is 2.46. The minimum atomic E-state index is -2.96. The molecule has 0 amide bonds. The van der Waals surface area contributed by atoms with Crippen LogP contribution in [0.25, 0.3) is 0 Å². The van der Waals surface area contributed by atoms with Gasteiger partial charge in [0.1, 0.15) is 6.17 Å². The summed E-state index contributed by atoms with van der Waals surface area (Å²) in [5, 5.41) is 0. The molecule has 0 bridgehead atoms. The number of rotatable bonds is 2. The van der Waals surface area contributed by atoms with Gasteiger partial charge in [-0.2, -0.15) is 0 Å². The van der Waals surface area contributed by atoms with Crippen LogP contribution in [-0.4, -0.2) is 12.1 Å². The summed E-state index contributed by atoms with van der Waals surface area (Å²) in [5.41, 5.74) is -1.89. The molecular formula is C11H21F3. The molecular weight excluding hydrogens is 189 g/mol. The average Bonchev–Trinajstić information content (AvgIpc) is 1.80. The third kappa shape index (κ3) is 3.50. The zero-order valence-corrected chi connectivity index (χ0v) is 9.92. The zero-order chi connectivity index (χ0) is 11.8. The van der Waals surface area contributed by atoms with Crippen LogP contribution in [0.3, 0.4) is 0 Å². The quantitative estimate of drug-likeness (QED) is 0.632. The van der Waals surface area contributed by atoms with Crippen LogP contribution in [0.4, 0.5) is 13.2 Å². The van der Waals surface area contributed by atoms with Gasteiger partial charge in [-0.1, -0.05) is 41.5 Å². The highest BCUT2D eigenvalue weighted by atomic mass is 19.3. The van der Waals surface area contributed by atoms with Crippen molar-refractivity contribution in [3.05, 3.63) is 0 Å². The SMILES string of the molecule is CC(C)(C)C(F)CC(F)(F)C(C)(C)C. The fourth-order valence-corrected chi connectivity index (χ4v) is 0.837. The van der Waals surface area contributed by atoms with E-state index in [4.69, 9.17) is 0 Å². The summed E-state index contributed by atoms with van der Waals surface area (Å²) >= 11 is 0. The molecule has 1 unspecified atom stereocenters. The van der Waals surface area contributed by atoms with Crippen LogP contribution in [0.5, 0.6) is 0 Å².